The van der Waals surface area contributed by atoms with Crippen molar-refractivity contribution in [3.63, 3.8) is 0 Å². The van der Waals surface area contributed by atoms with Crippen molar-refractivity contribution in [1.29, 1.82) is 5.26 Å². The summed E-state index contributed by atoms with van der Waals surface area (Å²) >= 11 is 1.43. The lowest BCUT2D eigenvalue weighted by atomic mass is 10.0. The van der Waals surface area contributed by atoms with E-state index in [1.165, 1.54) is 39.7 Å². The maximum atomic E-state index is 11.2. The Kier molecular flexibility index (Phi) is 11.1. The fourth-order valence-electron chi connectivity index (χ4n) is 6.88. The topological polar surface area (TPSA) is 67.6 Å². The molecule has 0 spiro atoms. The lowest BCUT2D eigenvalue weighted by molar-refractivity contribution is -0.132. The smallest absolute Gasteiger partial charge is 0.346 e. The minimum Gasteiger partial charge on any atom is -0.477 e. The van der Waals surface area contributed by atoms with Crippen LogP contribution in [-0.2, 0) is 4.79 Å². The zero-order valence-electron chi connectivity index (χ0n) is 31.8. The van der Waals surface area contributed by atoms with Crippen LogP contribution in [0.25, 0.3) is 29.4 Å². The fourth-order valence-corrected chi connectivity index (χ4v) is 7.74. The first-order valence-electron chi connectivity index (χ1n) is 18.4. The molecule has 7 aromatic rings. The third-order valence-corrected chi connectivity index (χ3v) is 10.7. The number of carboxylic acid groups (broad SMARTS) is 1. The molecule has 0 aliphatic heterocycles. The summed E-state index contributed by atoms with van der Waals surface area (Å²) in [7, 11) is 0. The van der Waals surface area contributed by atoms with Gasteiger partial charge < -0.3 is 14.9 Å². The van der Waals surface area contributed by atoms with Gasteiger partial charge in [0.15, 0.2) is 0 Å². The molecule has 6 heteroatoms. The van der Waals surface area contributed by atoms with E-state index in [0.29, 0.717) is 4.88 Å². The predicted molar refractivity (Wildman–Crippen MR) is 235 cm³/mol. The standard InChI is InChI=1S/C50H41N3O2S/c1-34-10-28-48(36(3)30-34)52(42-8-6-5-7-9-42)44-21-15-39(16-22-44)40-17-23-45(24-18-40)53(49-29-11-35(2)31-37(49)4)43-19-12-38(13-20-43)14-25-46-26-27-47(56-46)32-41(33-51)50(54)55/h5-32H,1-4H3,(H,54,55)/b25-14+,41-32-. The molecule has 0 aliphatic rings. The Morgan fingerprint density at radius 3 is 1.50 bits per heavy atom. The van der Waals surface area contributed by atoms with Gasteiger partial charge in [-0.2, -0.15) is 5.26 Å². The molecular formula is C50H41N3O2S. The van der Waals surface area contributed by atoms with E-state index in [0.717, 1.165) is 55.7 Å². The first-order chi connectivity index (χ1) is 27.2. The van der Waals surface area contributed by atoms with Crippen molar-refractivity contribution in [2.24, 2.45) is 0 Å². The van der Waals surface area contributed by atoms with Gasteiger partial charge in [0.25, 0.3) is 0 Å². The van der Waals surface area contributed by atoms with E-state index in [-0.39, 0.29) is 5.57 Å². The lowest BCUT2D eigenvalue weighted by Gasteiger charge is -2.28. The molecule has 1 N–H and O–H groups in total. The summed E-state index contributed by atoms with van der Waals surface area (Å²) in [6, 6.07) is 55.2. The Morgan fingerprint density at radius 1 is 0.571 bits per heavy atom. The van der Waals surface area contributed by atoms with Crippen molar-refractivity contribution < 1.29 is 9.90 Å². The summed E-state index contributed by atoms with van der Waals surface area (Å²) in [6.07, 6.45) is 5.44. The summed E-state index contributed by atoms with van der Waals surface area (Å²) < 4.78 is 0. The molecule has 0 aliphatic carbocycles. The molecular weight excluding hydrogens is 707 g/mol. The van der Waals surface area contributed by atoms with Crippen LogP contribution in [0.3, 0.4) is 0 Å². The molecule has 0 unspecified atom stereocenters. The van der Waals surface area contributed by atoms with Crippen LogP contribution in [-0.4, -0.2) is 11.1 Å². The molecule has 274 valence electrons. The number of benzene rings is 6. The Labute approximate surface area is 333 Å². The second-order valence-corrected chi connectivity index (χ2v) is 15.0. The van der Waals surface area contributed by atoms with Gasteiger partial charge in [-0.05, 0) is 140 Å². The van der Waals surface area contributed by atoms with E-state index >= 15 is 0 Å². The number of thiophene rings is 1. The van der Waals surface area contributed by atoms with Crippen LogP contribution in [0.1, 0.15) is 37.6 Å². The van der Waals surface area contributed by atoms with Gasteiger partial charge in [-0.25, -0.2) is 4.79 Å². The molecule has 5 nitrogen and oxygen atoms in total. The second kappa shape index (κ2) is 16.6. The molecule has 0 saturated heterocycles. The van der Waals surface area contributed by atoms with Crippen LogP contribution in [0.15, 0.2) is 157 Å². The molecule has 56 heavy (non-hydrogen) atoms. The van der Waals surface area contributed by atoms with E-state index in [2.05, 4.69) is 177 Å². The second-order valence-electron chi connectivity index (χ2n) is 13.8. The largest absolute Gasteiger partial charge is 0.477 e. The molecule has 0 amide bonds. The molecule has 1 heterocycles. The fraction of sp³-hybridized carbons (Fsp3) is 0.0800. The summed E-state index contributed by atoms with van der Waals surface area (Å²) in [4.78, 5) is 17.5. The Hall–Kier alpha value is -6.94. The van der Waals surface area contributed by atoms with Crippen LogP contribution < -0.4 is 9.80 Å². The zero-order chi connectivity index (χ0) is 39.2. The van der Waals surface area contributed by atoms with Gasteiger partial charge >= 0.3 is 5.97 Å². The van der Waals surface area contributed by atoms with Crippen molar-refractivity contribution in [3.8, 4) is 17.2 Å². The maximum absolute atomic E-state index is 11.2. The third-order valence-electron chi connectivity index (χ3n) is 9.66. The van der Waals surface area contributed by atoms with Gasteiger partial charge in [-0.3, -0.25) is 0 Å². The van der Waals surface area contributed by atoms with Crippen molar-refractivity contribution in [1.82, 2.24) is 0 Å². The number of hydrogen-bond donors (Lipinski definition) is 1. The molecule has 1 aromatic heterocycles. The van der Waals surface area contributed by atoms with E-state index < -0.39 is 5.97 Å². The van der Waals surface area contributed by atoms with Gasteiger partial charge in [0.1, 0.15) is 11.6 Å². The van der Waals surface area contributed by atoms with Crippen LogP contribution in [0.5, 0.6) is 0 Å². The number of para-hydroxylation sites is 1. The molecule has 6 aromatic carbocycles. The normalized spacial score (nSPS) is 11.4. The van der Waals surface area contributed by atoms with E-state index in [4.69, 9.17) is 5.26 Å². The van der Waals surface area contributed by atoms with Crippen LogP contribution in [0.2, 0.25) is 0 Å². The Bertz CT molecular complexity index is 2600. The number of aryl methyl sites for hydroxylation is 4. The average Bonchev–Trinajstić information content (AvgIpc) is 3.66. The Balaban J connectivity index is 1.15. The van der Waals surface area contributed by atoms with Crippen molar-refractivity contribution in [2.75, 3.05) is 9.80 Å². The summed E-state index contributed by atoms with van der Waals surface area (Å²) in [6.45, 7) is 8.57. The highest BCUT2D eigenvalue weighted by molar-refractivity contribution is 7.13. The number of carbonyl (C=O) groups is 1. The molecule has 0 atom stereocenters. The van der Waals surface area contributed by atoms with Crippen LogP contribution >= 0.6 is 11.3 Å². The number of anilines is 6. The minimum atomic E-state index is -1.23. The molecule has 7 rings (SSSR count). The highest BCUT2D eigenvalue weighted by atomic mass is 32.1. The average molecular weight is 748 g/mol. The van der Waals surface area contributed by atoms with Crippen LogP contribution in [0.4, 0.5) is 34.1 Å². The quantitative estimate of drug-likeness (QED) is 0.105. The van der Waals surface area contributed by atoms with E-state index in [9.17, 15) is 9.90 Å². The summed E-state index contributed by atoms with van der Waals surface area (Å²) in [5.41, 5.74) is 14.5. The number of hydrogen-bond acceptors (Lipinski definition) is 5. The van der Waals surface area contributed by atoms with Gasteiger partial charge in [0.05, 0.1) is 0 Å². The molecule has 0 saturated carbocycles. The first-order valence-corrected chi connectivity index (χ1v) is 19.2. The molecule has 0 radical (unpaired) electrons. The highest BCUT2D eigenvalue weighted by Gasteiger charge is 2.17. The minimum absolute atomic E-state index is 0.283. The van der Waals surface area contributed by atoms with Gasteiger partial charge in [0, 0.05) is 43.9 Å². The number of carboxylic acids is 1. The SMILES string of the molecule is Cc1ccc(N(c2ccccc2)c2ccc(-c3ccc(N(c4ccc(/C=C/c5ccc(/C=C(/C#N)C(=O)O)s5)cc4)c4ccc(C)cc4C)cc3)cc2)c(C)c1. The molecule has 0 bridgehead atoms. The van der Waals surface area contributed by atoms with Crippen LogP contribution in [0, 0.1) is 39.0 Å². The number of nitriles is 1. The van der Waals surface area contributed by atoms with Crippen molar-refractivity contribution >= 4 is 69.7 Å². The highest BCUT2D eigenvalue weighted by Crippen LogP contribution is 2.40. The van der Waals surface area contributed by atoms with Gasteiger partial charge in [0.2, 0.25) is 0 Å². The van der Waals surface area contributed by atoms with Crippen molar-refractivity contribution in [2.45, 2.75) is 27.7 Å². The summed E-state index contributed by atoms with van der Waals surface area (Å²) in [5.74, 6) is -1.23. The van der Waals surface area contributed by atoms with Crippen molar-refractivity contribution in [3.05, 3.63) is 195 Å². The number of aliphatic carboxylic acids is 1. The lowest BCUT2D eigenvalue weighted by Crippen LogP contribution is -2.11. The first kappa shape index (κ1) is 37.4. The number of nitrogens with zero attached hydrogens (tertiary/aromatic N) is 3. The molecule has 0 fully saturated rings. The predicted octanol–water partition coefficient (Wildman–Crippen LogP) is 13.8. The summed E-state index contributed by atoms with van der Waals surface area (Å²) in [5, 5.41) is 18.3. The number of rotatable bonds is 11. The van der Waals surface area contributed by atoms with Gasteiger partial charge in [-0.15, -0.1) is 11.3 Å². The van der Waals surface area contributed by atoms with E-state index in [1.807, 2.05) is 24.3 Å². The monoisotopic (exact) mass is 747 g/mol. The Morgan fingerprint density at radius 2 is 1.04 bits per heavy atom. The van der Waals surface area contributed by atoms with Gasteiger partial charge in [-0.1, -0.05) is 96.1 Å². The maximum Gasteiger partial charge on any atom is 0.346 e. The zero-order valence-corrected chi connectivity index (χ0v) is 32.6. The van der Waals surface area contributed by atoms with E-state index in [1.54, 1.807) is 6.07 Å². The third kappa shape index (κ3) is 8.39.